The third-order valence-electron chi connectivity index (χ3n) is 3.89. The number of carboxylic acid groups (broad SMARTS) is 1. The fourth-order valence-electron chi connectivity index (χ4n) is 2.60. The van der Waals surface area contributed by atoms with Crippen LogP contribution in [0.3, 0.4) is 0 Å². The van der Waals surface area contributed by atoms with Crippen LogP contribution in [0.4, 0.5) is 5.69 Å². The van der Waals surface area contributed by atoms with Crippen molar-refractivity contribution in [2.24, 2.45) is 0 Å². The van der Waals surface area contributed by atoms with E-state index in [0.29, 0.717) is 22.1 Å². The molecule has 7 heteroatoms. The maximum absolute atomic E-state index is 12.4. The van der Waals surface area contributed by atoms with E-state index in [9.17, 15) is 14.9 Å². The maximum atomic E-state index is 12.4. The molecule has 0 bridgehead atoms. The number of carboxylic acids is 1. The van der Waals surface area contributed by atoms with Crippen LogP contribution >= 0.6 is 11.6 Å². The van der Waals surface area contributed by atoms with Crippen molar-refractivity contribution in [1.29, 1.82) is 5.26 Å². The molecular weight excluding hydrogens is 378 g/mol. The third-order valence-corrected chi connectivity index (χ3v) is 4.13. The lowest BCUT2D eigenvalue weighted by Crippen LogP contribution is -2.13. The number of benzene rings is 2. The summed E-state index contributed by atoms with van der Waals surface area (Å²) in [7, 11) is 0. The van der Waals surface area contributed by atoms with Crippen LogP contribution in [-0.4, -0.2) is 21.6 Å². The quantitative estimate of drug-likeness (QED) is 0.498. The van der Waals surface area contributed by atoms with Gasteiger partial charge in [0, 0.05) is 28.3 Å². The second-order valence-electron chi connectivity index (χ2n) is 5.79. The smallest absolute Gasteiger partial charge is 0.335 e. The molecule has 28 heavy (non-hydrogen) atoms. The molecule has 3 aromatic rings. The third kappa shape index (κ3) is 4.29. The summed E-state index contributed by atoms with van der Waals surface area (Å²) in [5.74, 6) is -1.61. The van der Waals surface area contributed by atoms with Crippen LogP contribution in [0.2, 0.25) is 5.02 Å². The fourth-order valence-corrected chi connectivity index (χ4v) is 2.79. The van der Waals surface area contributed by atoms with Gasteiger partial charge in [-0.1, -0.05) is 23.7 Å². The van der Waals surface area contributed by atoms with Gasteiger partial charge >= 0.3 is 5.97 Å². The number of hydrogen-bond donors (Lipinski definition) is 2. The highest BCUT2D eigenvalue weighted by molar-refractivity contribution is 6.31. The molecule has 0 aliphatic heterocycles. The molecule has 1 heterocycles. The summed E-state index contributed by atoms with van der Waals surface area (Å²) >= 11 is 5.90. The van der Waals surface area contributed by atoms with Crippen LogP contribution in [0.5, 0.6) is 0 Å². The van der Waals surface area contributed by atoms with Crippen LogP contribution in [-0.2, 0) is 4.79 Å². The minimum atomic E-state index is -1.04. The Kier molecular flexibility index (Phi) is 5.58. The summed E-state index contributed by atoms with van der Waals surface area (Å²) < 4.78 is 1.69. The van der Waals surface area contributed by atoms with Gasteiger partial charge < -0.3 is 15.0 Å². The molecule has 0 saturated heterocycles. The topological polar surface area (TPSA) is 95.1 Å². The summed E-state index contributed by atoms with van der Waals surface area (Å²) in [4.78, 5) is 23.6. The van der Waals surface area contributed by atoms with Crippen molar-refractivity contribution in [1.82, 2.24) is 4.57 Å². The highest BCUT2D eigenvalue weighted by atomic mass is 35.5. The number of hydrogen-bond acceptors (Lipinski definition) is 3. The van der Waals surface area contributed by atoms with Crippen molar-refractivity contribution in [2.75, 3.05) is 5.32 Å². The molecule has 0 aliphatic carbocycles. The van der Waals surface area contributed by atoms with Crippen molar-refractivity contribution < 1.29 is 14.7 Å². The van der Waals surface area contributed by atoms with Crippen LogP contribution < -0.4 is 5.32 Å². The Labute approximate surface area is 165 Å². The van der Waals surface area contributed by atoms with E-state index in [1.54, 1.807) is 59.3 Å². The number of amides is 1. The summed E-state index contributed by atoms with van der Waals surface area (Å²) in [5, 5.41) is 21.7. The summed E-state index contributed by atoms with van der Waals surface area (Å²) in [6.45, 7) is 0. The highest BCUT2D eigenvalue weighted by Gasteiger charge is 2.12. The van der Waals surface area contributed by atoms with E-state index < -0.39 is 11.9 Å². The number of aromatic nitrogens is 1. The number of nitrogens with one attached hydrogen (secondary N) is 1. The highest BCUT2D eigenvalue weighted by Crippen LogP contribution is 2.19. The molecule has 2 aromatic carbocycles. The number of carbonyl (C=O) groups is 2. The first-order valence-electron chi connectivity index (χ1n) is 8.18. The molecule has 1 amide bonds. The normalized spacial score (nSPS) is 10.9. The molecule has 0 atom stereocenters. The van der Waals surface area contributed by atoms with Crippen molar-refractivity contribution >= 4 is 35.2 Å². The Bertz CT molecular complexity index is 1130. The number of nitriles is 1. The van der Waals surface area contributed by atoms with Gasteiger partial charge in [0.25, 0.3) is 5.91 Å². The van der Waals surface area contributed by atoms with Gasteiger partial charge in [0.15, 0.2) is 0 Å². The zero-order valence-corrected chi connectivity index (χ0v) is 15.2. The van der Waals surface area contributed by atoms with Crippen LogP contribution in [0, 0.1) is 11.3 Å². The van der Waals surface area contributed by atoms with E-state index in [1.807, 2.05) is 6.07 Å². The zero-order valence-electron chi connectivity index (χ0n) is 14.5. The fraction of sp³-hybridized carbons (Fsp3) is 0. The zero-order chi connectivity index (χ0) is 20.1. The van der Waals surface area contributed by atoms with Crippen LogP contribution in [0.15, 0.2) is 72.4 Å². The van der Waals surface area contributed by atoms with E-state index >= 15 is 0 Å². The largest absolute Gasteiger partial charge is 0.478 e. The number of halogens is 1. The maximum Gasteiger partial charge on any atom is 0.335 e. The Morgan fingerprint density at radius 3 is 2.61 bits per heavy atom. The molecular formula is C21H14ClN3O3. The van der Waals surface area contributed by atoms with Gasteiger partial charge in [-0.25, -0.2) is 4.79 Å². The lowest BCUT2D eigenvalue weighted by molar-refractivity contribution is -0.112. The molecule has 0 fully saturated rings. The first kappa shape index (κ1) is 19.0. The number of rotatable bonds is 5. The standard InChI is InChI=1S/C21H14ClN3O3/c22-16-5-2-6-17(12-16)24-20(26)15(13-23)11-19-8-3-9-25(19)18-7-1-4-14(10-18)21(27)28/h1-12H,(H,24,26)(H,27,28). The Morgan fingerprint density at radius 2 is 1.89 bits per heavy atom. The number of carbonyl (C=O) groups excluding carboxylic acids is 1. The van der Waals surface area contributed by atoms with Crippen molar-refractivity contribution in [3.05, 3.63) is 88.7 Å². The minimum Gasteiger partial charge on any atom is -0.478 e. The SMILES string of the molecule is N#CC(=Cc1cccn1-c1cccc(C(=O)O)c1)C(=O)Nc1cccc(Cl)c1. The summed E-state index contributed by atoms with van der Waals surface area (Å²) in [6, 6.07) is 18.3. The monoisotopic (exact) mass is 391 g/mol. The molecule has 0 unspecified atom stereocenters. The van der Waals surface area contributed by atoms with Gasteiger partial charge in [-0.05, 0) is 54.6 Å². The van der Waals surface area contributed by atoms with E-state index in [4.69, 9.17) is 16.7 Å². The molecule has 1 aromatic heterocycles. The predicted molar refractivity (Wildman–Crippen MR) is 106 cm³/mol. The Hall–Kier alpha value is -3.82. The number of aromatic carboxylic acids is 1. The second-order valence-corrected chi connectivity index (χ2v) is 6.23. The van der Waals surface area contributed by atoms with Gasteiger partial charge in [-0.2, -0.15) is 5.26 Å². The number of anilines is 1. The number of nitrogens with zero attached hydrogens (tertiary/aromatic N) is 2. The average Bonchev–Trinajstić information content (AvgIpc) is 3.14. The molecule has 0 radical (unpaired) electrons. The predicted octanol–water partition coefficient (Wildman–Crippen LogP) is 4.37. The van der Waals surface area contributed by atoms with Gasteiger partial charge in [0.2, 0.25) is 0 Å². The van der Waals surface area contributed by atoms with Crippen LogP contribution in [0.25, 0.3) is 11.8 Å². The minimum absolute atomic E-state index is 0.102. The molecule has 0 spiro atoms. The summed E-state index contributed by atoms with van der Waals surface area (Å²) in [6.07, 6.45) is 3.16. The van der Waals surface area contributed by atoms with E-state index in [0.717, 1.165) is 0 Å². The first-order valence-corrected chi connectivity index (χ1v) is 8.55. The first-order chi connectivity index (χ1) is 13.5. The van der Waals surface area contributed by atoms with Crippen molar-refractivity contribution in [3.63, 3.8) is 0 Å². The van der Waals surface area contributed by atoms with Gasteiger partial charge in [0.05, 0.1) is 5.56 Å². The summed E-state index contributed by atoms with van der Waals surface area (Å²) in [5.41, 5.74) is 1.67. The van der Waals surface area contributed by atoms with E-state index in [-0.39, 0.29) is 11.1 Å². The van der Waals surface area contributed by atoms with Gasteiger partial charge in [0.1, 0.15) is 11.6 Å². The lowest BCUT2D eigenvalue weighted by Gasteiger charge is -2.09. The lowest BCUT2D eigenvalue weighted by atomic mass is 10.2. The average molecular weight is 392 g/mol. The molecule has 6 nitrogen and oxygen atoms in total. The van der Waals surface area contributed by atoms with Gasteiger partial charge in [-0.15, -0.1) is 0 Å². The van der Waals surface area contributed by atoms with Crippen LogP contribution in [0.1, 0.15) is 16.1 Å². The second kappa shape index (κ2) is 8.25. The van der Waals surface area contributed by atoms with E-state index in [2.05, 4.69) is 5.32 Å². The molecule has 138 valence electrons. The molecule has 0 aliphatic rings. The Balaban J connectivity index is 1.91. The molecule has 3 rings (SSSR count). The molecule has 2 N–H and O–H groups in total. The van der Waals surface area contributed by atoms with Crippen molar-refractivity contribution in [2.45, 2.75) is 0 Å². The van der Waals surface area contributed by atoms with E-state index in [1.165, 1.54) is 18.2 Å². The Morgan fingerprint density at radius 1 is 1.11 bits per heavy atom. The molecule has 0 saturated carbocycles. The van der Waals surface area contributed by atoms with Gasteiger partial charge in [-0.3, -0.25) is 4.79 Å². The van der Waals surface area contributed by atoms with Crippen molar-refractivity contribution in [3.8, 4) is 11.8 Å².